The van der Waals surface area contributed by atoms with Gasteiger partial charge < -0.3 is 19.5 Å². The quantitative estimate of drug-likeness (QED) is 0.813. The van der Waals surface area contributed by atoms with Crippen molar-refractivity contribution >= 4 is 21.7 Å². The molecule has 0 aromatic heterocycles. The van der Waals surface area contributed by atoms with Crippen LogP contribution in [0.4, 0.5) is 0 Å². The van der Waals surface area contributed by atoms with Gasteiger partial charge in [-0.05, 0) is 50.4 Å². The Labute approximate surface area is 156 Å². The predicted molar refractivity (Wildman–Crippen MR) is 97.3 cm³/mol. The lowest BCUT2D eigenvalue weighted by atomic mass is 9.51. The molecular formula is C19H24BrNO4. The Morgan fingerprint density at radius 2 is 2.16 bits per heavy atom. The maximum absolute atomic E-state index is 12.8. The van der Waals surface area contributed by atoms with Crippen LogP contribution >= 0.6 is 15.9 Å². The molecule has 1 aromatic rings. The molecule has 0 spiro atoms. The van der Waals surface area contributed by atoms with Crippen molar-refractivity contribution in [3.05, 3.63) is 21.7 Å². The third kappa shape index (κ3) is 2.30. The number of rotatable bonds is 2. The standard InChI is InChI=1S/C19H24BrNO4/c1-21-5-4-19-9-14(22)15(24-2)7-11(19)13(21)6-10-12(20)8-16(25-3)18(23)17(10)19/h8,11,13,15,23H,4-7,9H2,1-3H3/t11?,13-,15?,19+/m0/s1. The molecule has 1 saturated heterocycles. The van der Waals surface area contributed by atoms with E-state index in [9.17, 15) is 9.90 Å². The summed E-state index contributed by atoms with van der Waals surface area (Å²) in [6, 6.07) is 2.19. The second kappa shape index (κ2) is 5.96. The second-order valence-corrected chi connectivity index (χ2v) is 8.48. The van der Waals surface area contributed by atoms with E-state index in [1.165, 1.54) is 0 Å². The fourth-order valence-corrected chi connectivity index (χ4v) is 6.04. The summed E-state index contributed by atoms with van der Waals surface area (Å²) < 4.78 is 11.8. The Bertz CT molecular complexity index is 737. The molecule has 0 amide bonds. The number of halogens is 1. The first kappa shape index (κ1) is 17.3. The van der Waals surface area contributed by atoms with Gasteiger partial charge in [-0.25, -0.2) is 0 Å². The minimum absolute atomic E-state index is 0.147. The van der Waals surface area contributed by atoms with Crippen LogP contribution in [0.15, 0.2) is 10.5 Å². The van der Waals surface area contributed by atoms with Gasteiger partial charge in [0.2, 0.25) is 0 Å². The molecule has 1 heterocycles. The smallest absolute Gasteiger partial charge is 0.162 e. The summed E-state index contributed by atoms with van der Waals surface area (Å²) in [6.07, 6.45) is 2.55. The molecule has 4 atom stereocenters. The van der Waals surface area contributed by atoms with E-state index in [0.29, 0.717) is 24.1 Å². The number of likely N-dealkylation sites (tertiary alicyclic amines) is 1. The first-order valence-electron chi connectivity index (χ1n) is 8.77. The van der Waals surface area contributed by atoms with E-state index in [1.54, 1.807) is 14.2 Å². The molecule has 3 aliphatic rings. The van der Waals surface area contributed by atoms with Gasteiger partial charge in [0.1, 0.15) is 6.10 Å². The highest BCUT2D eigenvalue weighted by molar-refractivity contribution is 9.10. The van der Waals surface area contributed by atoms with Crippen molar-refractivity contribution in [3.8, 4) is 11.5 Å². The molecule has 2 bridgehead atoms. The van der Waals surface area contributed by atoms with E-state index in [1.807, 2.05) is 6.07 Å². The lowest BCUT2D eigenvalue weighted by Crippen LogP contribution is -2.63. The first-order valence-corrected chi connectivity index (χ1v) is 9.56. The highest BCUT2D eigenvalue weighted by Crippen LogP contribution is 2.59. The van der Waals surface area contributed by atoms with Crippen molar-refractivity contribution in [2.75, 3.05) is 27.8 Å². The normalized spacial score (nSPS) is 34.4. The van der Waals surface area contributed by atoms with Crippen LogP contribution in [0.1, 0.15) is 30.4 Å². The molecule has 2 unspecified atom stereocenters. The Balaban J connectivity index is 1.95. The number of Topliss-reactive ketones (excluding diaryl/α,β-unsaturated/α-hetero) is 1. The van der Waals surface area contributed by atoms with Crippen molar-refractivity contribution < 1.29 is 19.4 Å². The van der Waals surface area contributed by atoms with Crippen LogP contribution < -0.4 is 4.74 Å². The number of hydrogen-bond acceptors (Lipinski definition) is 5. The molecule has 1 aromatic carbocycles. The lowest BCUT2D eigenvalue weighted by molar-refractivity contribution is -0.141. The number of ether oxygens (including phenoxy) is 2. The number of carbonyl (C=O) groups excluding carboxylic acids is 1. The van der Waals surface area contributed by atoms with E-state index >= 15 is 0 Å². The Kier molecular flexibility index (Phi) is 4.13. The van der Waals surface area contributed by atoms with Gasteiger partial charge in [0.05, 0.1) is 7.11 Å². The second-order valence-electron chi connectivity index (χ2n) is 7.63. The van der Waals surface area contributed by atoms with Crippen LogP contribution in [0, 0.1) is 5.92 Å². The third-order valence-corrected chi connectivity index (χ3v) is 7.41. The number of phenols is 1. The number of likely N-dealkylation sites (N-methyl/N-ethyl adjacent to an activating group) is 1. The SMILES string of the molecule is COc1cc(Br)c2c(c1O)[C@@]13CCN(C)[C@@H](C2)C1CC(OC)C(=O)C3. The first-order chi connectivity index (χ1) is 11.9. The summed E-state index contributed by atoms with van der Waals surface area (Å²) in [5, 5.41) is 11.0. The summed E-state index contributed by atoms with van der Waals surface area (Å²) in [6.45, 7) is 0.930. The summed E-state index contributed by atoms with van der Waals surface area (Å²) in [4.78, 5) is 15.2. The van der Waals surface area contributed by atoms with Crippen LogP contribution in [0.5, 0.6) is 11.5 Å². The molecule has 5 nitrogen and oxygen atoms in total. The number of methoxy groups -OCH3 is 2. The number of phenolic OH excluding ortho intramolecular Hbond substituents is 1. The lowest BCUT2D eigenvalue weighted by Gasteiger charge is -2.58. The number of benzene rings is 1. The Morgan fingerprint density at radius 1 is 1.40 bits per heavy atom. The van der Waals surface area contributed by atoms with E-state index < -0.39 is 0 Å². The van der Waals surface area contributed by atoms with Gasteiger partial charge >= 0.3 is 0 Å². The average molecular weight is 410 g/mol. The zero-order valence-corrected chi connectivity index (χ0v) is 16.4. The van der Waals surface area contributed by atoms with Gasteiger partial charge in [-0.1, -0.05) is 15.9 Å². The summed E-state index contributed by atoms with van der Waals surface area (Å²) >= 11 is 3.67. The molecule has 136 valence electrons. The minimum Gasteiger partial charge on any atom is -0.504 e. The minimum atomic E-state index is -0.329. The monoisotopic (exact) mass is 409 g/mol. The number of carbonyl (C=O) groups is 1. The van der Waals surface area contributed by atoms with Gasteiger partial charge in [-0.2, -0.15) is 0 Å². The van der Waals surface area contributed by atoms with E-state index in [2.05, 4.69) is 27.9 Å². The fourth-order valence-electron chi connectivity index (χ4n) is 5.47. The van der Waals surface area contributed by atoms with Crippen LogP contribution in [-0.4, -0.2) is 55.7 Å². The van der Waals surface area contributed by atoms with Gasteiger partial charge in [0.25, 0.3) is 0 Å². The largest absolute Gasteiger partial charge is 0.504 e. The summed E-state index contributed by atoms with van der Waals surface area (Å²) in [5.74, 6) is 1.12. The maximum Gasteiger partial charge on any atom is 0.162 e. The predicted octanol–water partition coefficient (Wildman–Crippen LogP) is 2.66. The van der Waals surface area contributed by atoms with Crippen LogP contribution in [0.3, 0.4) is 0 Å². The van der Waals surface area contributed by atoms with Gasteiger partial charge in [-0.15, -0.1) is 0 Å². The Hall–Kier alpha value is -1.11. The molecular weight excluding hydrogens is 386 g/mol. The highest BCUT2D eigenvalue weighted by atomic mass is 79.9. The van der Waals surface area contributed by atoms with Crippen LogP contribution in [0.25, 0.3) is 0 Å². The summed E-state index contributed by atoms with van der Waals surface area (Å²) in [7, 11) is 5.35. The fraction of sp³-hybridized carbons (Fsp3) is 0.632. The molecule has 6 heteroatoms. The van der Waals surface area contributed by atoms with Crippen molar-refractivity contribution in [2.45, 2.75) is 43.2 Å². The number of aromatic hydroxyl groups is 1. The molecule has 0 radical (unpaired) electrons. The molecule has 2 fully saturated rings. The van der Waals surface area contributed by atoms with Gasteiger partial charge in [0.15, 0.2) is 17.3 Å². The van der Waals surface area contributed by atoms with E-state index in [4.69, 9.17) is 9.47 Å². The Morgan fingerprint density at radius 3 is 2.84 bits per heavy atom. The molecule has 4 rings (SSSR count). The van der Waals surface area contributed by atoms with Crippen molar-refractivity contribution in [1.82, 2.24) is 4.90 Å². The third-order valence-electron chi connectivity index (χ3n) is 6.70. The average Bonchev–Trinajstić information content (AvgIpc) is 2.59. The summed E-state index contributed by atoms with van der Waals surface area (Å²) in [5.41, 5.74) is 1.73. The molecule has 25 heavy (non-hydrogen) atoms. The zero-order chi connectivity index (χ0) is 17.9. The highest BCUT2D eigenvalue weighted by Gasteiger charge is 2.58. The van der Waals surface area contributed by atoms with Gasteiger partial charge in [0, 0.05) is 35.0 Å². The van der Waals surface area contributed by atoms with Crippen LogP contribution in [0.2, 0.25) is 0 Å². The topological polar surface area (TPSA) is 59.0 Å². The van der Waals surface area contributed by atoms with Crippen molar-refractivity contribution in [3.63, 3.8) is 0 Å². The number of nitrogens with zero attached hydrogens (tertiary/aromatic N) is 1. The van der Waals surface area contributed by atoms with Crippen LogP contribution in [-0.2, 0) is 21.4 Å². The number of piperidine rings is 1. The molecule has 2 aliphatic carbocycles. The maximum atomic E-state index is 12.8. The van der Waals surface area contributed by atoms with E-state index in [-0.39, 0.29) is 23.1 Å². The number of hydrogen-bond donors (Lipinski definition) is 1. The molecule has 1 N–H and O–H groups in total. The number of fused-ring (bicyclic) bond motifs is 1. The van der Waals surface area contributed by atoms with Crippen molar-refractivity contribution in [1.29, 1.82) is 0 Å². The zero-order valence-electron chi connectivity index (χ0n) is 14.8. The van der Waals surface area contributed by atoms with Crippen molar-refractivity contribution in [2.24, 2.45) is 5.92 Å². The number of ketones is 1. The molecule has 1 saturated carbocycles. The van der Waals surface area contributed by atoms with E-state index in [0.717, 1.165) is 41.4 Å². The molecule has 1 aliphatic heterocycles. The van der Waals surface area contributed by atoms with Gasteiger partial charge in [-0.3, -0.25) is 4.79 Å².